The molecule has 3 aromatic rings. The molecule has 5 heteroatoms. The van der Waals surface area contributed by atoms with Gasteiger partial charge >= 0.3 is 5.97 Å². The zero-order valence-electron chi connectivity index (χ0n) is 11.2. The number of carboxylic acid groups (broad SMARTS) is 1. The van der Waals surface area contributed by atoms with E-state index >= 15 is 0 Å². The summed E-state index contributed by atoms with van der Waals surface area (Å²) in [6.07, 6.45) is 0. The highest BCUT2D eigenvalue weighted by Gasteiger charge is 2.16. The molecule has 0 atom stereocenters. The van der Waals surface area contributed by atoms with E-state index in [4.69, 9.17) is 0 Å². The summed E-state index contributed by atoms with van der Waals surface area (Å²) < 4.78 is 1.59. The van der Waals surface area contributed by atoms with Crippen molar-refractivity contribution in [1.29, 1.82) is 0 Å². The largest absolute Gasteiger partial charge is 0.478 e. The molecule has 5 nitrogen and oxygen atoms in total. The topological polar surface area (TPSA) is 68.0 Å². The first-order valence-corrected chi connectivity index (χ1v) is 6.23. The summed E-state index contributed by atoms with van der Waals surface area (Å²) in [5.41, 5.74) is 4.31. The van der Waals surface area contributed by atoms with E-state index < -0.39 is 5.97 Å². The monoisotopic (exact) mass is 267 g/mol. The number of rotatable bonds is 2. The van der Waals surface area contributed by atoms with Crippen molar-refractivity contribution in [3.8, 4) is 5.69 Å². The Labute approximate surface area is 115 Å². The second-order valence-corrected chi connectivity index (χ2v) is 4.77. The van der Waals surface area contributed by atoms with Crippen LogP contribution >= 0.6 is 0 Å². The lowest BCUT2D eigenvalue weighted by atomic mass is 10.1. The molecule has 20 heavy (non-hydrogen) atoms. The maximum absolute atomic E-state index is 11.4. The first-order chi connectivity index (χ1) is 9.58. The molecule has 0 radical (unpaired) electrons. The Kier molecular flexibility index (Phi) is 2.75. The Balaban J connectivity index is 2.34. The van der Waals surface area contributed by atoms with Crippen LogP contribution in [0.3, 0.4) is 0 Å². The van der Waals surface area contributed by atoms with E-state index in [0.29, 0.717) is 11.0 Å². The van der Waals surface area contributed by atoms with Crippen LogP contribution in [0.25, 0.3) is 16.7 Å². The third kappa shape index (κ3) is 1.84. The number of aromatic nitrogens is 3. The van der Waals surface area contributed by atoms with Gasteiger partial charge in [0.1, 0.15) is 11.0 Å². The van der Waals surface area contributed by atoms with E-state index in [9.17, 15) is 9.90 Å². The van der Waals surface area contributed by atoms with Crippen molar-refractivity contribution < 1.29 is 9.90 Å². The highest BCUT2D eigenvalue weighted by atomic mass is 16.4. The average molecular weight is 267 g/mol. The number of carbonyl (C=O) groups is 1. The van der Waals surface area contributed by atoms with E-state index in [2.05, 4.69) is 10.3 Å². The Hall–Kier alpha value is -2.69. The quantitative estimate of drug-likeness (QED) is 0.775. The van der Waals surface area contributed by atoms with Crippen molar-refractivity contribution in [3.05, 3.63) is 53.1 Å². The van der Waals surface area contributed by atoms with Gasteiger partial charge in [-0.2, -0.15) is 0 Å². The second-order valence-electron chi connectivity index (χ2n) is 4.77. The van der Waals surface area contributed by atoms with Gasteiger partial charge in [-0.3, -0.25) is 0 Å². The molecule has 1 heterocycles. The van der Waals surface area contributed by atoms with Gasteiger partial charge in [0.25, 0.3) is 0 Å². The first-order valence-electron chi connectivity index (χ1n) is 6.23. The number of aryl methyl sites for hydroxylation is 2. The summed E-state index contributed by atoms with van der Waals surface area (Å²) in [4.78, 5) is 11.4. The molecular formula is C15H13N3O2. The van der Waals surface area contributed by atoms with E-state index in [-0.39, 0.29) is 5.56 Å². The predicted octanol–water partition coefficient (Wildman–Crippen LogP) is 2.74. The predicted molar refractivity (Wildman–Crippen MR) is 75.3 cm³/mol. The van der Waals surface area contributed by atoms with Gasteiger partial charge in [0.05, 0.1) is 11.3 Å². The van der Waals surface area contributed by atoms with Gasteiger partial charge in [0.2, 0.25) is 0 Å². The molecule has 0 saturated carbocycles. The fourth-order valence-electron chi connectivity index (χ4n) is 2.36. The average Bonchev–Trinajstić information content (AvgIpc) is 2.82. The van der Waals surface area contributed by atoms with E-state index in [1.54, 1.807) is 22.9 Å². The number of aromatic carboxylic acids is 1. The molecule has 0 aliphatic heterocycles. The Bertz CT molecular complexity index is 821. The molecule has 0 bridgehead atoms. The molecule has 1 aromatic heterocycles. The van der Waals surface area contributed by atoms with Crippen LogP contribution in [0.5, 0.6) is 0 Å². The smallest absolute Gasteiger partial charge is 0.337 e. The third-order valence-corrected chi connectivity index (χ3v) is 3.28. The van der Waals surface area contributed by atoms with Crippen LogP contribution in [0.2, 0.25) is 0 Å². The minimum atomic E-state index is -0.982. The van der Waals surface area contributed by atoms with Crippen LogP contribution in [0, 0.1) is 13.8 Å². The summed E-state index contributed by atoms with van der Waals surface area (Å²) in [6, 6.07) is 10.9. The van der Waals surface area contributed by atoms with Crippen LogP contribution in [0.4, 0.5) is 0 Å². The molecule has 0 saturated heterocycles. The van der Waals surface area contributed by atoms with Gasteiger partial charge < -0.3 is 5.11 Å². The minimum absolute atomic E-state index is 0.201. The maximum Gasteiger partial charge on any atom is 0.337 e. The number of carboxylic acids is 1. The fraction of sp³-hybridized carbons (Fsp3) is 0.133. The third-order valence-electron chi connectivity index (χ3n) is 3.28. The number of hydrogen-bond acceptors (Lipinski definition) is 3. The zero-order valence-corrected chi connectivity index (χ0v) is 11.2. The van der Waals surface area contributed by atoms with Gasteiger partial charge in [-0.25, -0.2) is 9.48 Å². The van der Waals surface area contributed by atoms with Gasteiger partial charge in [-0.1, -0.05) is 29.0 Å². The standard InChI is InChI=1S/C15H13N3O2/c1-9-6-7-13(10(2)8-9)18-14-11(15(19)20)4-3-5-12(14)16-17-18/h3-8H,1-2H3,(H,19,20). The summed E-state index contributed by atoms with van der Waals surface area (Å²) in [6.45, 7) is 3.98. The number of hydrogen-bond donors (Lipinski definition) is 1. The first kappa shape index (κ1) is 12.3. The molecule has 0 aliphatic rings. The Morgan fingerprint density at radius 1 is 1.20 bits per heavy atom. The lowest BCUT2D eigenvalue weighted by Gasteiger charge is -2.08. The Morgan fingerprint density at radius 3 is 2.70 bits per heavy atom. The van der Waals surface area contributed by atoms with Gasteiger partial charge in [0.15, 0.2) is 0 Å². The molecule has 0 unspecified atom stereocenters. The zero-order chi connectivity index (χ0) is 14.3. The van der Waals surface area contributed by atoms with Crippen LogP contribution < -0.4 is 0 Å². The van der Waals surface area contributed by atoms with E-state index in [1.165, 1.54) is 0 Å². The van der Waals surface area contributed by atoms with E-state index in [1.807, 2.05) is 32.0 Å². The van der Waals surface area contributed by atoms with Crippen LogP contribution in [0.1, 0.15) is 21.5 Å². The molecule has 3 rings (SSSR count). The van der Waals surface area contributed by atoms with Crippen LogP contribution in [0.15, 0.2) is 36.4 Å². The lowest BCUT2D eigenvalue weighted by Crippen LogP contribution is -2.04. The molecule has 0 amide bonds. The molecule has 0 spiro atoms. The van der Waals surface area contributed by atoms with Crippen molar-refractivity contribution in [2.24, 2.45) is 0 Å². The van der Waals surface area contributed by atoms with Gasteiger partial charge in [-0.15, -0.1) is 5.10 Å². The molecule has 2 aromatic carbocycles. The summed E-state index contributed by atoms with van der Waals surface area (Å²) >= 11 is 0. The van der Waals surface area contributed by atoms with Crippen molar-refractivity contribution in [2.45, 2.75) is 13.8 Å². The Morgan fingerprint density at radius 2 is 2.00 bits per heavy atom. The highest BCUT2D eigenvalue weighted by Crippen LogP contribution is 2.23. The SMILES string of the molecule is Cc1ccc(-n2nnc3cccc(C(=O)O)c32)c(C)c1. The lowest BCUT2D eigenvalue weighted by molar-refractivity contribution is 0.0698. The highest BCUT2D eigenvalue weighted by molar-refractivity contribution is 6.01. The second kappa shape index (κ2) is 4.45. The van der Waals surface area contributed by atoms with Gasteiger partial charge in [0, 0.05) is 0 Å². The number of fused-ring (bicyclic) bond motifs is 1. The summed E-state index contributed by atoms with van der Waals surface area (Å²) in [7, 11) is 0. The minimum Gasteiger partial charge on any atom is -0.478 e. The number of benzene rings is 2. The molecule has 1 N–H and O–H groups in total. The van der Waals surface area contributed by atoms with Crippen molar-refractivity contribution in [1.82, 2.24) is 15.0 Å². The maximum atomic E-state index is 11.4. The normalized spacial score (nSPS) is 10.9. The molecule has 100 valence electrons. The summed E-state index contributed by atoms with van der Waals surface area (Å²) in [5.74, 6) is -0.982. The van der Waals surface area contributed by atoms with Crippen molar-refractivity contribution in [2.75, 3.05) is 0 Å². The number of para-hydroxylation sites is 1. The molecule has 0 aliphatic carbocycles. The van der Waals surface area contributed by atoms with E-state index in [0.717, 1.165) is 16.8 Å². The summed E-state index contributed by atoms with van der Waals surface area (Å²) in [5, 5.41) is 17.5. The van der Waals surface area contributed by atoms with Crippen LogP contribution in [-0.4, -0.2) is 26.1 Å². The van der Waals surface area contributed by atoms with Crippen molar-refractivity contribution in [3.63, 3.8) is 0 Å². The van der Waals surface area contributed by atoms with Gasteiger partial charge in [-0.05, 0) is 37.6 Å². The molecule has 0 fully saturated rings. The fourth-order valence-corrected chi connectivity index (χ4v) is 2.36. The number of nitrogens with zero attached hydrogens (tertiary/aromatic N) is 3. The van der Waals surface area contributed by atoms with Crippen LogP contribution in [-0.2, 0) is 0 Å². The molecular weight excluding hydrogens is 254 g/mol. The van der Waals surface area contributed by atoms with Crippen molar-refractivity contribution >= 4 is 17.0 Å².